The van der Waals surface area contributed by atoms with Gasteiger partial charge in [0.15, 0.2) is 5.84 Å². The monoisotopic (exact) mass is 217 g/mol. The van der Waals surface area contributed by atoms with Gasteiger partial charge in [-0.15, -0.1) is 0 Å². The smallest absolute Gasteiger partial charge is 0.153 e. The summed E-state index contributed by atoms with van der Waals surface area (Å²) < 4.78 is 5.33. The molecule has 5 nitrogen and oxygen atoms in total. The Balaban J connectivity index is 4.01. The van der Waals surface area contributed by atoms with Crippen LogP contribution in [-0.2, 0) is 4.74 Å². The second-order valence-electron chi connectivity index (χ2n) is 4.17. The van der Waals surface area contributed by atoms with E-state index in [0.29, 0.717) is 6.54 Å². The van der Waals surface area contributed by atoms with Crippen LogP contribution in [0.3, 0.4) is 0 Å². The van der Waals surface area contributed by atoms with Crippen molar-refractivity contribution in [2.24, 2.45) is 10.9 Å². The normalized spacial score (nSPS) is 13.5. The molecule has 0 aliphatic carbocycles. The molecule has 0 aromatic carbocycles. The molecule has 0 aliphatic rings. The molecule has 90 valence electrons. The van der Waals surface area contributed by atoms with E-state index < -0.39 is 0 Å². The minimum absolute atomic E-state index is 0.126. The zero-order valence-corrected chi connectivity index (χ0v) is 10.2. The lowest BCUT2D eigenvalue weighted by Gasteiger charge is -2.27. The fourth-order valence-electron chi connectivity index (χ4n) is 1.14. The van der Waals surface area contributed by atoms with Crippen molar-refractivity contribution in [3.63, 3.8) is 0 Å². The van der Waals surface area contributed by atoms with Gasteiger partial charge in [-0.05, 0) is 26.8 Å². The quantitative estimate of drug-likeness (QED) is 0.287. The van der Waals surface area contributed by atoms with Crippen molar-refractivity contribution < 1.29 is 9.94 Å². The van der Waals surface area contributed by atoms with Gasteiger partial charge < -0.3 is 15.7 Å². The number of nitrogens with two attached hydrogens (primary N) is 1. The fraction of sp³-hybridized carbons (Fsp3) is 0.900. The fourth-order valence-corrected chi connectivity index (χ4v) is 1.14. The van der Waals surface area contributed by atoms with Gasteiger partial charge in [0.25, 0.3) is 0 Å². The molecule has 0 bridgehead atoms. The van der Waals surface area contributed by atoms with Crippen LogP contribution < -0.4 is 5.73 Å². The maximum atomic E-state index is 8.47. The Morgan fingerprint density at radius 2 is 2.13 bits per heavy atom. The molecular formula is C10H23N3O2. The van der Waals surface area contributed by atoms with Gasteiger partial charge in [0.1, 0.15) is 0 Å². The van der Waals surface area contributed by atoms with Crippen molar-refractivity contribution in [3.8, 4) is 0 Å². The number of methoxy groups -OCH3 is 1. The molecule has 0 unspecified atom stereocenters. The van der Waals surface area contributed by atoms with Crippen LogP contribution in [0.2, 0.25) is 0 Å². The van der Waals surface area contributed by atoms with Crippen LogP contribution >= 0.6 is 0 Å². The van der Waals surface area contributed by atoms with Crippen molar-refractivity contribution in [1.82, 2.24) is 4.90 Å². The zero-order valence-electron chi connectivity index (χ0n) is 10.2. The van der Waals surface area contributed by atoms with E-state index in [-0.39, 0.29) is 11.4 Å². The van der Waals surface area contributed by atoms with Crippen LogP contribution in [-0.4, -0.2) is 48.3 Å². The molecule has 0 fully saturated rings. The van der Waals surface area contributed by atoms with Gasteiger partial charge in [-0.1, -0.05) is 12.1 Å². The van der Waals surface area contributed by atoms with E-state index >= 15 is 0 Å². The lowest BCUT2D eigenvalue weighted by Crippen LogP contribution is -2.37. The number of nitrogens with zero attached hydrogens (tertiary/aromatic N) is 2. The predicted octanol–water partition coefficient (Wildman–Crippen LogP) is 0.870. The Bertz CT molecular complexity index is 205. The first-order valence-electron chi connectivity index (χ1n) is 5.19. The summed E-state index contributed by atoms with van der Waals surface area (Å²) in [6.45, 7) is 8.37. The van der Waals surface area contributed by atoms with Crippen molar-refractivity contribution in [2.75, 3.05) is 26.7 Å². The first-order chi connectivity index (χ1) is 6.95. The molecule has 0 radical (unpaired) electrons. The lowest BCUT2D eigenvalue weighted by molar-refractivity contribution is 0.00874. The van der Waals surface area contributed by atoms with Crippen molar-refractivity contribution in [1.29, 1.82) is 0 Å². The summed E-state index contributed by atoms with van der Waals surface area (Å²) in [6, 6.07) is 0. The van der Waals surface area contributed by atoms with Crippen LogP contribution in [0.1, 0.15) is 27.2 Å². The van der Waals surface area contributed by atoms with Gasteiger partial charge >= 0.3 is 0 Å². The Morgan fingerprint density at radius 3 is 2.53 bits per heavy atom. The van der Waals surface area contributed by atoms with E-state index in [9.17, 15) is 0 Å². The summed E-state index contributed by atoms with van der Waals surface area (Å²) in [5.41, 5.74) is 5.32. The molecule has 0 aromatic heterocycles. The largest absolute Gasteiger partial charge is 0.409 e. The minimum atomic E-state index is -0.126. The van der Waals surface area contributed by atoms with Gasteiger partial charge in [-0.3, -0.25) is 4.90 Å². The van der Waals surface area contributed by atoms with E-state index in [1.165, 1.54) is 0 Å². The average molecular weight is 217 g/mol. The van der Waals surface area contributed by atoms with Crippen molar-refractivity contribution in [3.05, 3.63) is 0 Å². The summed E-state index contributed by atoms with van der Waals surface area (Å²) in [7, 11) is 1.71. The topological polar surface area (TPSA) is 71.1 Å². The summed E-state index contributed by atoms with van der Waals surface area (Å²) >= 11 is 0. The molecule has 0 aromatic rings. The first-order valence-corrected chi connectivity index (χ1v) is 5.19. The molecule has 3 N–H and O–H groups in total. The first kappa shape index (κ1) is 14.2. The van der Waals surface area contributed by atoms with E-state index in [2.05, 4.69) is 10.1 Å². The van der Waals surface area contributed by atoms with Crippen LogP contribution in [0.15, 0.2) is 5.16 Å². The number of rotatable bonds is 7. The third kappa shape index (κ3) is 6.30. The summed E-state index contributed by atoms with van der Waals surface area (Å²) in [5, 5.41) is 11.4. The van der Waals surface area contributed by atoms with Gasteiger partial charge in [0.2, 0.25) is 0 Å². The van der Waals surface area contributed by atoms with E-state index in [1.807, 2.05) is 20.8 Å². The predicted molar refractivity (Wildman–Crippen MR) is 61.2 cm³/mol. The van der Waals surface area contributed by atoms with Crippen LogP contribution in [0.25, 0.3) is 0 Å². The molecule has 0 saturated carbocycles. The van der Waals surface area contributed by atoms with Gasteiger partial charge in [-0.2, -0.15) is 0 Å². The maximum Gasteiger partial charge on any atom is 0.153 e. The van der Waals surface area contributed by atoms with Crippen LogP contribution in [0.5, 0.6) is 0 Å². The van der Waals surface area contributed by atoms with Crippen molar-refractivity contribution in [2.45, 2.75) is 32.8 Å². The SMILES string of the molecule is CCN(CCC(C)(C)OC)CC(N)=NO. The Morgan fingerprint density at radius 1 is 1.53 bits per heavy atom. The van der Waals surface area contributed by atoms with Gasteiger partial charge in [0.05, 0.1) is 12.1 Å². The summed E-state index contributed by atoms with van der Waals surface area (Å²) in [6.07, 6.45) is 0.913. The number of hydrogen-bond donors (Lipinski definition) is 2. The summed E-state index contributed by atoms with van der Waals surface area (Å²) in [4.78, 5) is 2.11. The molecule has 15 heavy (non-hydrogen) atoms. The number of likely N-dealkylation sites (N-methyl/N-ethyl adjacent to an activating group) is 1. The molecule has 0 spiro atoms. The molecular weight excluding hydrogens is 194 g/mol. The van der Waals surface area contributed by atoms with Crippen LogP contribution in [0.4, 0.5) is 0 Å². The third-order valence-electron chi connectivity index (χ3n) is 2.54. The Kier molecular flexibility index (Phi) is 6.27. The number of hydrogen-bond acceptors (Lipinski definition) is 4. The Labute approximate surface area is 91.9 Å². The minimum Gasteiger partial charge on any atom is -0.409 e. The van der Waals surface area contributed by atoms with Crippen molar-refractivity contribution >= 4 is 5.84 Å². The summed E-state index contributed by atoms with van der Waals surface area (Å²) in [5.74, 6) is 0.243. The highest BCUT2D eigenvalue weighted by Gasteiger charge is 2.17. The highest BCUT2D eigenvalue weighted by atomic mass is 16.5. The molecule has 0 heterocycles. The second kappa shape index (κ2) is 6.63. The second-order valence-corrected chi connectivity index (χ2v) is 4.17. The molecule has 0 amide bonds. The number of amidine groups is 1. The molecule has 0 aliphatic heterocycles. The molecule has 0 saturated heterocycles. The van der Waals surface area contributed by atoms with Gasteiger partial charge in [0, 0.05) is 13.7 Å². The zero-order chi connectivity index (χ0) is 11.9. The molecule has 0 rings (SSSR count). The van der Waals surface area contributed by atoms with Gasteiger partial charge in [-0.25, -0.2) is 0 Å². The lowest BCUT2D eigenvalue weighted by atomic mass is 10.1. The number of ether oxygens (including phenoxy) is 1. The van der Waals surface area contributed by atoms with E-state index in [0.717, 1.165) is 19.5 Å². The Hall–Kier alpha value is -0.810. The molecule has 5 heteroatoms. The average Bonchev–Trinajstić information content (AvgIpc) is 2.23. The third-order valence-corrected chi connectivity index (χ3v) is 2.54. The highest BCUT2D eigenvalue weighted by molar-refractivity contribution is 5.81. The number of oxime groups is 1. The maximum absolute atomic E-state index is 8.47. The highest BCUT2D eigenvalue weighted by Crippen LogP contribution is 2.13. The standard InChI is InChI=1S/C10H23N3O2/c1-5-13(8-9(11)12-14)7-6-10(2,3)15-4/h14H,5-8H2,1-4H3,(H2,11,12). The van der Waals surface area contributed by atoms with E-state index in [1.54, 1.807) is 7.11 Å². The molecule has 0 atom stereocenters. The van der Waals surface area contributed by atoms with Crippen LogP contribution in [0, 0.1) is 0 Å². The van der Waals surface area contributed by atoms with E-state index in [4.69, 9.17) is 15.7 Å².